The SMILES string of the molecule is O=C(c1cnn(-c2ccccc2)c1)N1CCC(C(=O)N2CCCCC2)CC1. The zero-order valence-corrected chi connectivity index (χ0v) is 15.6. The Morgan fingerprint density at radius 2 is 1.59 bits per heavy atom. The highest BCUT2D eigenvalue weighted by Crippen LogP contribution is 2.23. The van der Waals surface area contributed by atoms with Gasteiger partial charge in [0.1, 0.15) is 0 Å². The molecule has 2 aliphatic heterocycles. The van der Waals surface area contributed by atoms with Crippen LogP contribution in [-0.2, 0) is 4.79 Å². The van der Waals surface area contributed by atoms with Crippen molar-refractivity contribution in [1.29, 1.82) is 0 Å². The molecule has 1 aromatic heterocycles. The monoisotopic (exact) mass is 366 g/mol. The Kier molecular flexibility index (Phi) is 5.23. The van der Waals surface area contributed by atoms with Crippen LogP contribution in [0.15, 0.2) is 42.7 Å². The molecule has 2 saturated heterocycles. The van der Waals surface area contributed by atoms with E-state index in [9.17, 15) is 9.59 Å². The van der Waals surface area contributed by atoms with E-state index in [1.54, 1.807) is 17.1 Å². The molecular formula is C21H26N4O2. The molecule has 142 valence electrons. The van der Waals surface area contributed by atoms with Gasteiger partial charge in [-0.05, 0) is 44.2 Å². The topological polar surface area (TPSA) is 58.4 Å². The Balaban J connectivity index is 1.35. The first-order chi connectivity index (χ1) is 13.2. The molecule has 6 nitrogen and oxygen atoms in total. The van der Waals surface area contributed by atoms with E-state index in [0.717, 1.165) is 44.5 Å². The number of likely N-dealkylation sites (tertiary alicyclic amines) is 2. The Labute approximate surface area is 159 Å². The first-order valence-corrected chi connectivity index (χ1v) is 9.90. The summed E-state index contributed by atoms with van der Waals surface area (Å²) >= 11 is 0. The Morgan fingerprint density at radius 1 is 0.889 bits per heavy atom. The zero-order chi connectivity index (χ0) is 18.6. The highest BCUT2D eigenvalue weighted by molar-refractivity contribution is 5.94. The van der Waals surface area contributed by atoms with Gasteiger partial charge < -0.3 is 9.80 Å². The third-order valence-electron chi connectivity index (χ3n) is 5.65. The van der Waals surface area contributed by atoms with E-state index >= 15 is 0 Å². The molecule has 2 fully saturated rings. The van der Waals surface area contributed by atoms with Crippen molar-refractivity contribution in [3.8, 4) is 5.69 Å². The number of nitrogens with zero attached hydrogens (tertiary/aromatic N) is 4. The lowest BCUT2D eigenvalue weighted by Crippen LogP contribution is -2.45. The summed E-state index contributed by atoms with van der Waals surface area (Å²) in [4.78, 5) is 29.3. The second-order valence-electron chi connectivity index (χ2n) is 7.46. The number of piperidine rings is 2. The van der Waals surface area contributed by atoms with Crippen LogP contribution in [0.4, 0.5) is 0 Å². The quantitative estimate of drug-likeness (QED) is 0.839. The number of benzene rings is 1. The van der Waals surface area contributed by atoms with Crippen LogP contribution in [-0.4, -0.2) is 57.6 Å². The average molecular weight is 366 g/mol. The number of rotatable bonds is 3. The van der Waals surface area contributed by atoms with E-state index in [-0.39, 0.29) is 11.8 Å². The number of aromatic nitrogens is 2. The van der Waals surface area contributed by atoms with Crippen LogP contribution in [0, 0.1) is 5.92 Å². The number of para-hydroxylation sites is 1. The Hall–Kier alpha value is -2.63. The van der Waals surface area contributed by atoms with E-state index in [1.165, 1.54) is 6.42 Å². The van der Waals surface area contributed by atoms with Gasteiger partial charge in [0.05, 0.1) is 17.4 Å². The van der Waals surface area contributed by atoms with Crippen molar-refractivity contribution < 1.29 is 9.59 Å². The maximum atomic E-state index is 12.8. The van der Waals surface area contributed by atoms with Crippen LogP contribution in [0.1, 0.15) is 42.5 Å². The predicted molar refractivity (Wildman–Crippen MR) is 103 cm³/mol. The molecule has 0 radical (unpaired) electrons. The van der Waals surface area contributed by atoms with Gasteiger partial charge in [0, 0.05) is 38.3 Å². The molecule has 6 heteroatoms. The summed E-state index contributed by atoms with van der Waals surface area (Å²) in [5, 5.41) is 4.32. The summed E-state index contributed by atoms with van der Waals surface area (Å²) < 4.78 is 1.72. The largest absolute Gasteiger partial charge is 0.342 e. The van der Waals surface area contributed by atoms with Crippen molar-refractivity contribution in [1.82, 2.24) is 19.6 Å². The van der Waals surface area contributed by atoms with Crippen LogP contribution in [0.2, 0.25) is 0 Å². The minimum absolute atomic E-state index is 0.000975. The van der Waals surface area contributed by atoms with Gasteiger partial charge in [-0.25, -0.2) is 4.68 Å². The van der Waals surface area contributed by atoms with Crippen molar-refractivity contribution >= 4 is 11.8 Å². The van der Waals surface area contributed by atoms with Gasteiger partial charge in [-0.2, -0.15) is 5.10 Å². The highest BCUT2D eigenvalue weighted by Gasteiger charge is 2.31. The summed E-state index contributed by atoms with van der Waals surface area (Å²) in [5.74, 6) is 0.360. The van der Waals surface area contributed by atoms with Crippen molar-refractivity contribution in [2.24, 2.45) is 5.92 Å². The summed E-state index contributed by atoms with van der Waals surface area (Å²) in [6.45, 7) is 3.08. The molecule has 3 heterocycles. The molecule has 2 aromatic rings. The molecule has 2 amide bonds. The van der Waals surface area contributed by atoms with Crippen molar-refractivity contribution in [3.05, 3.63) is 48.3 Å². The van der Waals surface area contributed by atoms with Crippen LogP contribution in [0.25, 0.3) is 5.69 Å². The lowest BCUT2D eigenvalue weighted by atomic mass is 9.94. The van der Waals surface area contributed by atoms with Crippen molar-refractivity contribution in [3.63, 3.8) is 0 Å². The fraction of sp³-hybridized carbons (Fsp3) is 0.476. The molecule has 0 saturated carbocycles. The van der Waals surface area contributed by atoms with E-state index in [2.05, 4.69) is 5.10 Å². The van der Waals surface area contributed by atoms with E-state index in [1.807, 2.05) is 40.1 Å². The minimum atomic E-state index is 0.000975. The van der Waals surface area contributed by atoms with Gasteiger partial charge >= 0.3 is 0 Å². The lowest BCUT2D eigenvalue weighted by molar-refractivity contribution is -0.137. The summed E-state index contributed by atoms with van der Waals surface area (Å²) in [7, 11) is 0. The molecule has 0 atom stereocenters. The normalized spacial score (nSPS) is 18.5. The number of hydrogen-bond acceptors (Lipinski definition) is 3. The van der Waals surface area contributed by atoms with E-state index < -0.39 is 0 Å². The lowest BCUT2D eigenvalue weighted by Gasteiger charge is -2.35. The van der Waals surface area contributed by atoms with Crippen LogP contribution < -0.4 is 0 Å². The van der Waals surface area contributed by atoms with Crippen LogP contribution >= 0.6 is 0 Å². The first kappa shape index (κ1) is 17.8. The standard InChI is InChI=1S/C21H26N4O2/c26-20(23-11-5-2-6-12-23)17-9-13-24(14-10-17)21(27)18-15-22-25(16-18)19-7-3-1-4-8-19/h1,3-4,7-8,15-17H,2,5-6,9-14H2. The summed E-state index contributed by atoms with van der Waals surface area (Å²) in [6, 6.07) is 9.76. The minimum Gasteiger partial charge on any atom is -0.342 e. The highest BCUT2D eigenvalue weighted by atomic mass is 16.2. The molecule has 1 aromatic carbocycles. The smallest absolute Gasteiger partial charge is 0.257 e. The molecule has 0 bridgehead atoms. The number of amides is 2. The van der Waals surface area contributed by atoms with Gasteiger partial charge in [-0.15, -0.1) is 0 Å². The second kappa shape index (κ2) is 7.94. The van der Waals surface area contributed by atoms with Gasteiger partial charge in [0.2, 0.25) is 5.91 Å². The molecular weight excluding hydrogens is 340 g/mol. The fourth-order valence-electron chi connectivity index (χ4n) is 4.04. The third-order valence-corrected chi connectivity index (χ3v) is 5.65. The number of carbonyl (C=O) groups excluding carboxylic acids is 2. The fourth-order valence-corrected chi connectivity index (χ4v) is 4.04. The summed E-state index contributed by atoms with van der Waals surface area (Å²) in [5.41, 5.74) is 1.53. The molecule has 0 spiro atoms. The van der Waals surface area contributed by atoms with Gasteiger partial charge in [-0.1, -0.05) is 18.2 Å². The number of carbonyl (C=O) groups is 2. The zero-order valence-electron chi connectivity index (χ0n) is 15.6. The molecule has 4 rings (SSSR count). The predicted octanol–water partition coefficient (Wildman–Crippen LogP) is 2.74. The molecule has 0 N–H and O–H groups in total. The van der Waals surface area contributed by atoms with Gasteiger partial charge in [-0.3, -0.25) is 9.59 Å². The van der Waals surface area contributed by atoms with Crippen LogP contribution in [0.5, 0.6) is 0 Å². The Bertz CT molecular complexity index is 788. The molecule has 2 aliphatic rings. The van der Waals surface area contributed by atoms with Crippen molar-refractivity contribution in [2.45, 2.75) is 32.1 Å². The summed E-state index contributed by atoms with van der Waals surface area (Å²) in [6.07, 6.45) is 8.39. The maximum Gasteiger partial charge on any atom is 0.257 e. The van der Waals surface area contributed by atoms with Gasteiger partial charge in [0.25, 0.3) is 5.91 Å². The molecule has 27 heavy (non-hydrogen) atoms. The Morgan fingerprint density at radius 3 is 2.30 bits per heavy atom. The van der Waals surface area contributed by atoms with E-state index in [0.29, 0.717) is 24.6 Å². The number of hydrogen-bond donors (Lipinski definition) is 0. The van der Waals surface area contributed by atoms with Crippen LogP contribution in [0.3, 0.4) is 0 Å². The van der Waals surface area contributed by atoms with Crippen molar-refractivity contribution in [2.75, 3.05) is 26.2 Å². The molecule has 0 unspecified atom stereocenters. The van der Waals surface area contributed by atoms with Gasteiger partial charge in [0.15, 0.2) is 0 Å². The van der Waals surface area contributed by atoms with E-state index in [4.69, 9.17) is 0 Å². The maximum absolute atomic E-state index is 12.8. The molecule has 0 aliphatic carbocycles. The third kappa shape index (κ3) is 3.89. The average Bonchev–Trinajstić information content (AvgIpc) is 3.24. The second-order valence-corrected chi connectivity index (χ2v) is 7.46. The first-order valence-electron chi connectivity index (χ1n) is 9.90.